The van der Waals surface area contributed by atoms with E-state index >= 15 is 0 Å². The van der Waals surface area contributed by atoms with Crippen LogP contribution in [-0.2, 0) is 4.79 Å². The average Bonchev–Trinajstić information content (AvgIpc) is 2.63. The molecule has 2 aromatic carbocycles. The van der Waals surface area contributed by atoms with Crippen LogP contribution in [0, 0.1) is 13.8 Å². The molecule has 0 fully saturated rings. The van der Waals surface area contributed by atoms with E-state index in [4.69, 9.17) is 4.84 Å². The molecule has 134 valence electrons. The highest BCUT2D eigenvalue weighted by molar-refractivity contribution is 7.99. The Morgan fingerprint density at radius 2 is 1.85 bits per heavy atom. The molecule has 7 heteroatoms. The first-order valence-electron chi connectivity index (χ1n) is 8.06. The molecule has 3 rings (SSSR count). The Morgan fingerprint density at radius 1 is 1.15 bits per heavy atom. The van der Waals surface area contributed by atoms with Crippen molar-refractivity contribution in [3.8, 4) is 0 Å². The van der Waals surface area contributed by atoms with Gasteiger partial charge in [0.15, 0.2) is 0 Å². The average molecular weight is 369 g/mol. The number of hydrogen-bond donors (Lipinski definition) is 1. The van der Waals surface area contributed by atoms with E-state index in [-0.39, 0.29) is 17.2 Å². The lowest BCUT2D eigenvalue weighted by molar-refractivity contribution is -0.113. The maximum absolute atomic E-state index is 12.5. The Bertz CT molecular complexity index is 1010. The Kier molecular flexibility index (Phi) is 5.27. The predicted octanol–water partition coefficient (Wildman–Crippen LogP) is 2.80. The third kappa shape index (κ3) is 3.57. The molecule has 0 bridgehead atoms. The van der Waals surface area contributed by atoms with Crippen LogP contribution in [0.5, 0.6) is 0 Å². The van der Waals surface area contributed by atoms with E-state index in [2.05, 4.69) is 10.3 Å². The Morgan fingerprint density at radius 3 is 2.54 bits per heavy atom. The molecule has 0 aliphatic carbocycles. The zero-order chi connectivity index (χ0) is 18.7. The molecule has 0 radical (unpaired) electrons. The zero-order valence-corrected chi connectivity index (χ0v) is 15.6. The fraction of sp³-hybridized carbons (Fsp3) is 0.211. The Labute approximate surface area is 155 Å². The first-order chi connectivity index (χ1) is 12.5. The summed E-state index contributed by atoms with van der Waals surface area (Å²) < 4.78 is 1.11. The number of fused-ring (bicyclic) bond motifs is 1. The number of amides is 1. The number of hydrogen-bond acceptors (Lipinski definition) is 5. The van der Waals surface area contributed by atoms with Gasteiger partial charge in [-0.1, -0.05) is 42.1 Å². The topological polar surface area (TPSA) is 73.2 Å². The van der Waals surface area contributed by atoms with Gasteiger partial charge in [-0.15, -0.1) is 4.73 Å². The first-order valence-corrected chi connectivity index (χ1v) is 9.05. The Hall–Kier alpha value is -2.80. The van der Waals surface area contributed by atoms with E-state index in [1.165, 1.54) is 7.11 Å². The van der Waals surface area contributed by atoms with Crippen molar-refractivity contribution >= 4 is 34.3 Å². The number of para-hydroxylation sites is 2. The lowest BCUT2D eigenvalue weighted by atomic mass is 10.1. The molecule has 26 heavy (non-hydrogen) atoms. The number of carbonyl (C=O) groups excluding carboxylic acids is 1. The molecule has 0 aliphatic rings. The van der Waals surface area contributed by atoms with Gasteiger partial charge in [0.05, 0.1) is 16.7 Å². The lowest BCUT2D eigenvalue weighted by Gasteiger charge is -2.13. The number of aromatic nitrogens is 2. The van der Waals surface area contributed by atoms with Crippen molar-refractivity contribution in [1.82, 2.24) is 9.71 Å². The van der Waals surface area contributed by atoms with Crippen molar-refractivity contribution in [2.24, 2.45) is 0 Å². The summed E-state index contributed by atoms with van der Waals surface area (Å²) in [6.45, 7) is 3.90. The molecule has 0 atom stereocenters. The van der Waals surface area contributed by atoms with Crippen LogP contribution in [0.25, 0.3) is 10.9 Å². The molecule has 6 nitrogen and oxygen atoms in total. The number of aryl methyl sites for hydroxylation is 2. The van der Waals surface area contributed by atoms with Gasteiger partial charge in [0, 0.05) is 5.69 Å². The number of rotatable bonds is 5. The van der Waals surface area contributed by atoms with E-state index in [1.807, 2.05) is 38.1 Å². The molecule has 1 aromatic heterocycles. The third-order valence-electron chi connectivity index (χ3n) is 3.97. The standard InChI is InChI=1S/C19H19N3O3S/c1-12-7-6-8-13(2)17(12)21-16(23)11-26-19-20-15-10-5-4-9-14(15)18(24)22(19)25-3/h4-10H,11H2,1-3H3,(H,21,23). The monoisotopic (exact) mass is 369 g/mol. The van der Waals surface area contributed by atoms with Crippen molar-refractivity contribution in [3.05, 3.63) is 63.9 Å². The second-order valence-electron chi connectivity index (χ2n) is 5.80. The van der Waals surface area contributed by atoms with Gasteiger partial charge in [-0.3, -0.25) is 9.59 Å². The minimum absolute atomic E-state index is 0.113. The molecular weight excluding hydrogens is 350 g/mol. The van der Waals surface area contributed by atoms with Gasteiger partial charge in [-0.2, -0.15) is 0 Å². The van der Waals surface area contributed by atoms with E-state index < -0.39 is 0 Å². The molecule has 0 spiro atoms. The van der Waals surface area contributed by atoms with Crippen LogP contribution in [0.2, 0.25) is 0 Å². The zero-order valence-electron chi connectivity index (χ0n) is 14.8. The number of anilines is 1. The summed E-state index contributed by atoms with van der Waals surface area (Å²) in [6.07, 6.45) is 0. The van der Waals surface area contributed by atoms with Crippen molar-refractivity contribution in [3.63, 3.8) is 0 Å². The van der Waals surface area contributed by atoms with E-state index in [1.54, 1.807) is 18.2 Å². The largest absolute Gasteiger partial charge is 0.411 e. The van der Waals surface area contributed by atoms with Gasteiger partial charge in [0.1, 0.15) is 7.11 Å². The van der Waals surface area contributed by atoms with Crippen LogP contribution in [0.4, 0.5) is 5.69 Å². The number of carbonyl (C=O) groups is 1. The molecule has 0 saturated heterocycles. The molecule has 3 aromatic rings. The predicted molar refractivity (Wildman–Crippen MR) is 104 cm³/mol. The van der Waals surface area contributed by atoms with Crippen LogP contribution >= 0.6 is 11.8 Å². The van der Waals surface area contributed by atoms with Gasteiger partial charge >= 0.3 is 0 Å². The SMILES string of the molecule is COn1c(SCC(=O)Nc2c(C)cccc2C)nc2ccccc2c1=O. The quantitative estimate of drug-likeness (QED) is 0.553. The van der Waals surface area contributed by atoms with Crippen LogP contribution in [0.3, 0.4) is 0 Å². The Balaban J connectivity index is 1.81. The molecule has 1 N–H and O–H groups in total. The summed E-state index contributed by atoms with van der Waals surface area (Å²) in [7, 11) is 1.40. The van der Waals surface area contributed by atoms with E-state index in [0.717, 1.165) is 33.3 Å². The first kappa shape index (κ1) is 18.0. The summed E-state index contributed by atoms with van der Waals surface area (Å²) in [5, 5.41) is 3.73. The minimum Gasteiger partial charge on any atom is -0.411 e. The number of nitrogens with one attached hydrogen (secondary N) is 1. The van der Waals surface area contributed by atoms with Gasteiger partial charge in [0.25, 0.3) is 5.56 Å². The van der Waals surface area contributed by atoms with Gasteiger partial charge in [-0.25, -0.2) is 4.98 Å². The summed E-state index contributed by atoms with van der Waals surface area (Å²) in [5.74, 6) is -0.0560. The molecule has 1 heterocycles. The van der Waals surface area contributed by atoms with Crippen molar-refractivity contribution in [2.75, 3.05) is 18.2 Å². The summed E-state index contributed by atoms with van der Waals surface area (Å²) >= 11 is 1.15. The summed E-state index contributed by atoms with van der Waals surface area (Å²) in [4.78, 5) is 34.4. The maximum Gasteiger partial charge on any atom is 0.295 e. The third-order valence-corrected chi connectivity index (χ3v) is 4.89. The van der Waals surface area contributed by atoms with Crippen molar-refractivity contribution in [1.29, 1.82) is 0 Å². The molecular formula is C19H19N3O3S. The second kappa shape index (κ2) is 7.61. The van der Waals surface area contributed by atoms with Crippen LogP contribution < -0.4 is 15.7 Å². The normalized spacial score (nSPS) is 10.7. The number of thioether (sulfide) groups is 1. The van der Waals surface area contributed by atoms with E-state index in [0.29, 0.717) is 16.1 Å². The highest BCUT2D eigenvalue weighted by atomic mass is 32.2. The number of benzene rings is 2. The van der Waals surface area contributed by atoms with Crippen LogP contribution in [0.15, 0.2) is 52.4 Å². The summed E-state index contributed by atoms with van der Waals surface area (Å²) in [5.41, 5.74) is 3.09. The minimum atomic E-state index is -0.296. The van der Waals surface area contributed by atoms with Gasteiger partial charge in [-0.05, 0) is 37.1 Å². The van der Waals surface area contributed by atoms with Gasteiger partial charge in [0.2, 0.25) is 11.1 Å². The van der Waals surface area contributed by atoms with Crippen LogP contribution in [-0.4, -0.2) is 28.5 Å². The summed E-state index contributed by atoms with van der Waals surface area (Å²) in [6, 6.07) is 12.9. The smallest absolute Gasteiger partial charge is 0.295 e. The van der Waals surface area contributed by atoms with Gasteiger partial charge < -0.3 is 10.2 Å². The second-order valence-corrected chi connectivity index (χ2v) is 6.74. The van der Waals surface area contributed by atoms with Crippen molar-refractivity contribution in [2.45, 2.75) is 19.0 Å². The fourth-order valence-electron chi connectivity index (χ4n) is 2.67. The highest BCUT2D eigenvalue weighted by Crippen LogP contribution is 2.21. The molecule has 1 amide bonds. The molecule has 0 aliphatic heterocycles. The number of nitrogens with zero attached hydrogens (tertiary/aromatic N) is 2. The fourth-order valence-corrected chi connectivity index (χ4v) is 3.44. The van der Waals surface area contributed by atoms with Crippen LogP contribution in [0.1, 0.15) is 11.1 Å². The maximum atomic E-state index is 12.5. The van der Waals surface area contributed by atoms with Crippen molar-refractivity contribution < 1.29 is 9.63 Å². The van der Waals surface area contributed by atoms with E-state index in [9.17, 15) is 9.59 Å². The lowest BCUT2D eigenvalue weighted by Crippen LogP contribution is -2.28. The molecule has 0 unspecified atom stereocenters. The molecule has 0 saturated carbocycles. The highest BCUT2D eigenvalue weighted by Gasteiger charge is 2.14.